The Balaban J connectivity index is 2.13. The topological polar surface area (TPSA) is 110 Å². The standard InChI is InChI=1S/C30H44N2O5/c1-4-7-8-12-27(34)28(35)25(19-22-13-15-26(33)16-14-22)21-31-29(36)23-10-9-11-24(20-23)30(37)32(17-5-2)18-6-3/h9-11,13-16,20,25,27-28,33-35H,4-8,12,17-19,21H2,1-3H3,(H,31,36). The largest absolute Gasteiger partial charge is 0.508 e. The fourth-order valence-corrected chi connectivity index (χ4v) is 4.49. The van der Waals surface area contributed by atoms with Crippen molar-refractivity contribution < 1.29 is 24.9 Å². The quantitative estimate of drug-likeness (QED) is 0.247. The van der Waals surface area contributed by atoms with Crippen molar-refractivity contribution in [3.63, 3.8) is 0 Å². The van der Waals surface area contributed by atoms with E-state index in [4.69, 9.17) is 0 Å². The Hall–Kier alpha value is -2.90. The monoisotopic (exact) mass is 512 g/mol. The molecule has 0 aliphatic carbocycles. The predicted molar refractivity (Wildman–Crippen MR) is 147 cm³/mol. The number of hydrogen-bond acceptors (Lipinski definition) is 5. The number of phenolic OH excluding ortho intramolecular Hbond substituents is 1. The summed E-state index contributed by atoms with van der Waals surface area (Å²) >= 11 is 0. The van der Waals surface area contributed by atoms with Crippen molar-refractivity contribution >= 4 is 11.8 Å². The van der Waals surface area contributed by atoms with Gasteiger partial charge in [0, 0.05) is 36.7 Å². The molecule has 0 saturated carbocycles. The number of nitrogens with one attached hydrogen (secondary N) is 1. The van der Waals surface area contributed by atoms with Gasteiger partial charge in [-0.15, -0.1) is 0 Å². The summed E-state index contributed by atoms with van der Waals surface area (Å²) in [4.78, 5) is 27.8. The third-order valence-corrected chi connectivity index (χ3v) is 6.59. The van der Waals surface area contributed by atoms with Crippen LogP contribution >= 0.6 is 0 Å². The SMILES string of the molecule is CCCCCC(O)C(O)C(CNC(=O)c1cccc(C(=O)N(CCC)CCC)c1)Cc1ccc(O)cc1. The normalized spacial score (nSPS) is 13.5. The second-order valence-corrected chi connectivity index (χ2v) is 9.77. The molecule has 4 N–H and O–H groups in total. The first kappa shape index (κ1) is 30.3. The van der Waals surface area contributed by atoms with Crippen molar-refractivity contribution in [3.05, 3.63) is 65.2 Å². The molecule has 2 aromatic rings. The van der Waals surface area contributed by atoms with E-state index in [0.29, 0.717) is 37.1 Å². The molecule has 3 unspecified atom stereocenters. The highest BCUT2D eigenvalue weighted by atomic mass is 16.3. The van der Waals surface area contributed by atoms with Crippen molar-refractivity contribution in [2.75, 3.05) is 19.6 Å². The minimum absolute atomic E-state index is 0.0887. The molecule has 0 aliphatic rings. The maximum absolute atomic E-state index is 13.0. The van der Waals surface area contributed by atoms with Crippen LogP contribution in [-0.4, -0.2) is 63.9 Å². The highest BCUT2D eigenvalue weighted by Crippen LogP contribution is 2.20. The number of carbonyl (C=O) groups excluding carboxylic acids is 2. The van der Waals surface area contributed by atoms with E-state index < -0.39 is 18.1 Å². The predicted octanol–water partition coefficient (Wildman–Crippen LogP) is 4.55. The number of benzene rings is 2. The number of unbranched alkanes of at least 4 members (excludes halogenated alkanes) is 2. The number of hydrogen-bond donors (Lipinski definition) is 4. The van der Waals surface area contributed by atoms with Crippen LogP contribution in [0.2, 0.25) is 0 Å². The lowest BCUT2D eigenvalue weighted by atomic mass is 9.89. The molecule has 3 atom stereocenters. The van der Waals surface area contributed by atoms with Crippen molar-refractivity contribution in [2.45, 2.75) is 77.9 Å². The van der Waals surface area contributed by atoms with Crippen molar-refractivity contribution in [1.29, 1.82) is 0 Å². The van der Waals surface area contributed by atoms with Crippen LogP contribution in [-0.2, 0) is 6.42 Å². The second kappa shape index (κ2) is 16.0. The highest BCUT2D eigenvalue weighted by molar-refractivity contribution is 5.99. The number of phenols is 1. The zero-order valence-electron chi connectivity index (χ0n) is 22.5. The summed E-state index contributed by atoms with van der Waals surface area (Å²) in [5.74, 6) is -0.705. The maximum atomic E-state index is 13.0. The van der Waals surface area contributed by atoms with Gasteiger partial charge in [0.15, 0.2) is 0 Å². The minimum Gasteiger partial charge on any atom is -0.508 e. The highest BCUT2D eigenvalue weighted by Gasteiger charge is 2.27. The van der Waals surface area contributed by atoms with Gasteiger partial charge in [-0.05, 0) is 61.6 Å². The van der Waals surface area contributed by atoms with E-state index >= 15 is 0 Å². The van der Waals surface area contributed by atoms with Gasteiger partial charge in [-0.25, -0.2) is 0 Å². The van der Waals surface area contributed by atoms with E-state index in [1.165, 1.54) is 0 Å². The molecule has 0 spiro atoms. The zero-order valence-corrected chi connectivity index (χ0v) is 22.5. The third kappa shape index (κ3) is 9.82. The lowest BCUT2D eigenvalue weighted by molar-refractivity contribution is -0.0215. The van der Waals surface area contributed by atoms with E-state index in [0.717, 1.165) is 37.7 Å². The van der Waals surface area contributed by atoms with Gasteiger partial charge in [-0.1, -0.05) is 58.2 Å². The van der Waals surface area contributed by atoms with Crippen LogP contribution in [0.4, 0.5) is 0 Å². The number of amides is 2. The molecule has 2 amide bonds. The van der Waals surface area contributed by atoms with E-state index in [1.54, 1.807) is 53.4 Å². The van der Waals surface area contributed by atoms with Gasteiger partial charge in [0.1, 0.15) is 5.75 Å². The zero-order chi connectivity index (χ0) is 27.2. The first-order valence-corrected chi connectivity index (χ1v) is 13.6. The van der Waals surface area contributed by atoms with Gasteiger partial charge in [-0.3, -0.25) is 9.59 Å². The van der Waals surface area contributed by atoms with Crippen LogP contribution in [0.15, 0.2) is 48.5 Å². The Labute approximate surface area is 221 Å². The number of aliphatic hydroxyl groups excluding tert-OH is 2. The van der Waals surface area contributed by atoms with Crippen LogP contribution in [0.3, 0.4) is 0 Å². The summed E-state index contributed by atoms with van der Waals surface area (Å²) in [5, 5.41) is 34.1. The molecule has 37 heavy (non-hydrogen) atoms. The third-order valence-electron chi connectivity index (χ3n) is 6.59. The molecule has 0 bridgehead atoms. The van der Waals surface area contributed by atoms with E-state index in [2.05, 4.69) is 12.2 Å². The maximum Gasteiger partial charge on any atom is 0.253 e. The lowest BCUT2D eigenvalue weighted by Gasteiger charge is -2.27. The molecule has 0 aliphatic heterocycles. The first-order chi connectivity index (χ1) is 17.8. The summed E-state index contributed by atoms with van der Waals surface area (Å²) in [6, 6.07) is 13.4. The average molecular weight is 513 g/mol. The molecule has 7 nitrogen and oxygen atoms in total. The van der Waals surface area contributed by atoms with E-state index in [1.807, 2.05) is 13.8 Å². The summed E-state index contributed by atoms with van der Waals surface area (Å²) in [5.41, 5.74) is 1.73. The van der Waals surface area contributed by atoms with Gasteiger partial charge in [0.25, 0.3) is 11.8 Å². The number of nitrogens with zero attached hydrogens (tertiary/aromatic N) is 1. The molecule has 0 heterocycles. The molecule has 0 saturated heterocycles. The molecule has 7 heteroatoms. The van der Waals surface area contributed by atoms with Crippen LogP contribution in [0.25, 0.3) is 0 Å². The second-order valence-electron chi connectivity index (χ2n) is 9.77. The van der Waals surface area contributed by atoms with Crippen molar-refractivity contribution in [3.8, 4) is 5.75 Å². The van der Waals surface area contributed by atoms with Gasteiger partial charge in [0.2, 0.25) is 0 Å². The summed E-state index contributed by atoms with van der Waals surface area (Å²) < 4.78 is 0. The van der Waals surface area contributed by atoms with Crippen LogP contribution < -0.4 is 5.32 Å². The van der Waals surface area contributed by atoms with Gasteiger partial charge in [0.05, 0.1) is 12.2 Å². The fourth-order valence-electron chi connectivity index (χ4n) is 4.49. The molecule has 0 fully saturated rings. The van der Waals surface area contributed by atoms with Crippen LogP contribution in [0.1, 0.15) is 85.6 Å². The Morgan fingerprint density at radius 2 is 1.54 bits per heavy atom. The van der Waals surface area contributed by atoms with Crippen molar-refractivity contribution in [1.82, 2.24) is 10.2 Å². The minimum atomic E-state index is -1.02. The number of aromatic hydroxyl groups is 1. The molecular weight excluding hydrogens is 468 g/mol. The Morgan fingerprint density at radius 3 is 2.16 bits per heavy atom. The summed E-state index contributed by atoms with van der Waals surface area (Å²) in [6.07, 6.45) is 3.55. The number of carbonyl (C=O) groups is 2. The van der Waals surface area contributed by atoms with Crippen LogP contribution in [0.5, 0.6) is 5.75 Å². The molecule has 2 rings (SSSR count). The van der Waals surface area contributed by atoms with Crippen molar-refractivity contribution in [2.24, 2.45) is 5.92 Å². The number of aliphatic hydroxyl groups is 2. The van der Waals surface area contributed by atoms with E-state index in [-0.39, 0.29) is 24.1 Å². The Bertz CT molecular complexity index is 957. The fraction of sp³-hybridized carbons (Fsp3) is 0.533. The average Bonchev–Trinajstić information content (AvgIpc) is 2.91. The lowest BCUT2D eigenvalue weighted by Crippen LogP contribution is -2.42. The summed E-state index contributed by atoms with van der Waals surface area (Å²) in [7, 11) is 0. The smallest absolute Gasteiger partial charge is 0.253 e. The Morgan fingerprint density at radius 1 is 0.892 bits per heavy atom. The van der Waals surface area contributed by atoms with E-state index in [9.17, 15) is 24.9 Å². The molecule has 0 radical (unpaired) electrons. The summed E-state index contributed by atoms with van der Waals surface area (Å²) in [6.45, 7) is 7.63. The van der Waals surface area contributed by atoms with Gasteiger partial charge >= 0.3 is 0 Å². The molecule has 2 aromatic carbocycles. The van der Waals surface area contributed by atoms with Crippen LogP contribution in [0, 0.1) is 5.92 Å². The molecular formula is C30H44N2O5. The van der Waals surface area contributed by atoms with Gasteiger partial charge in [-0.2, -0.15) is 0 Å². The Kier molecular flexibility index (Phi) is 13.2. The first-order valence-electron chi connectivity index (χ1n) is 13.6. The number of rotatable bonds is 16. The molecule has 0 aromatic heterocycles. The van der Waals surface area contributed by atoms with Gasteiger partial charge < -0.3 is 25.5 Å². The molecule has 204 valence electrons.